The van der Waals surface area contributed by atoms with E-state index < -0.39 is 0 Å². The highest BCUT2D eigenvalue weighted by Gasteiger charge is 2.28. The van der Waals surface area contributed by atoms with Crippen molar-refractivity contribution in [3.63, 3.8) is 0 Å². The van der Waals surface area contributed by atoms with Crippen molar-refractivity contribution >= 4 is 5.91 Å². The number of carbonyl (C=O) groups excluding carboxylic acids is 1. The number of hydrogen-bond acceptors (Lipinski definition) is 4. The summed E-state index contributed by atoms with van der Waals surface area (Å²) >= 11 is 0. The van der Waals surface area contributed by atoms with Crippen LogP contribution in [0.15, 0.2) is 48.5 Å². The fourth-order valence-corrected chi connectivity index (χ4v) is 3.50. The molecule has 0 spiro atoms. The van der Waals surface area contributed by atoms with Gasteiger partial charge in [0, 0.05) is 17.7 Å². The molecule has 3 aromatic rings. The lowest BCUT2D eigenvalue weighted by Crippen LogP contribution is -2.35. The number of fused-ring (bicyclic) bond motifs is 2. The van der Waals surface area contributed by atoms with Gasteiger partial charge in [0.1, 0.15) is 0 Å². The maximum Gasteiger partial charge on any atom is 0.231 e. The molecule has 0 fully saturated rings. The van der Waals surface area contributed by atoms with Gasteiger partial charge in [-0.15, -0.1) is 0 Å². The Morgan fingerprint density at radius 3 is 2.81 bits per heavy atom. The first-order valence-electron chi connectivity index (χ1n) is 8.56. The molecule has 1 N–H and O–H groups in total. The van der Waals surface area contributed by atoms with Crippen LogP contribution < -0.4 is 9.47 Å². The first kappa shape index (κ1) is 15.0. The van der Waals surface area contributed by atoms with Crippen molar-refractivity contribution in [2.24, 2.45) is 0 Å². The van der Waals surface area contributed by atoms with Crippen LogP contribution in [0.2, 0.25) is 0 Å². The summed E-state index contributed by atoms with van der Waals surface area (Å²) in [4.78, 5) is 14.5. The Kier molecular flexibility index (Phi) is 3.41. The molecule has 2 aromatic carbocycles. The number of nitrogens with zero attached hydrogens (tertiary/aromatic N) is 2. The summed E-state index contributed by atoms with van der Waals surface area (Å²) in [5.41, 5.74) is 4.83. The number of benzene rings is 2. The normalized spacial score (nSPS) is 15.2. The van der Waals surface area contributed by atoms with Gasteiger partial charge in [-0.05, 0) is 23.8 Å². The van der Waals surface area contributed by atoms with Crippen LogP contribution in [0.3, 0.4) is 0 Å². The van der Waals surface area contributed by atoms with Crippen LogP contribution in [0.25, 0.3) is 11.3 Å². The molecular weight excluding hydrogens is 330 g/mol. The van der Waals surface area contributed by atoms with Gasteiger partial charge in [0.15, 0.2) is 11.5 Å². The second kappa shape index (κ2) is 5.91. The number of hydrogen-bond donors (Lipinski definition) is 1. The molecule has 0 unspecified atom stereocenters. The molecule has 0 aliphatic carbocycles. The van der Waals surface area contributed by atoms with E-state index in [9.17, 15) is 4.79 Å². The number of aromatic amines is 1. The molecule has 3 heterocycles. The Labute approximate surface area is 150 Å². The van der Waals surface area contributed by atoms with Gasteiger partial charge in [0.05, 0.1) is 24.4 Å². The zero-order valence-electron chi connectivity index (χ0n) is 14.1. The van der Waals surface area contributed by atoms with Crippen LogP contribution in [-0.4, -0.2) is 27.8 Å². The SMILES string of the molecule is O=C1Cc2c(-c3ccc4c(c3)OCO4)n[nH]c2CN1Cc1ccccc1. The molecule has 0 atom stereocenters. The van der Waals surface area contributed by atoms with Gasteiger partial charge in [0.25, 0.3) is 0 Å². The maximum absolute atomic E-state index is 12.7. The van der Waals surface area contributed by atoms with E-state index in [-0.39, 0.29) is 12.7 Å². The zero-order chi connectivity index (χ0) is 17.5. The van der Waals surface area contributed by atoms with E-state index in [0.29, 0.717) is 25.3 Å². The molecule has 0 radical (unpaired) electrons. The van der Waals surface area contributed by atoms with E-state index in [1.54, 1.807) is 0 Å². The first-order chi connectivity index (χ1) is 12.8. The standard InChI is InChI=1S/C20H17N3O3/c24-19-9-15-16(11-23(19)10-13-4-2-1-3-5-13)21-22-20(15)14-6-7-17-18(8-14)26-12-25-17/h1-8H,9-12H2,(H,21,22). The van der Waals surface area contributed by atoms with Crippen LogP contribution >= 0.6 is 0 Å². The summed E-state index contributed by atoms with van der Waals surface area (Å²) in [6.07, 6.45) is 0.350. The Balaban J connectivity index is 1.43. The van der Waals surface area contributed by atoms with Gasteiger partial charge in [0.2, 0.25) is 12.7 Å². The van der Waals surface area contributed by atoms with Gasteiger partial charge in [-0.3, -0.25) is 9.89 Å². The molecule has 2 aliphatic heterocycles. The predicted molar refractivity (Wildman–Crippen MR) is 94.5 cm³/mol. The van der Waals surface area contributed by atoms with Crippen LogP contribution in [0, 0.1) is 0 Å². The van der Waals surface area contributed by atoms with Crippen molar-refractivity contribution in [1.29, 1.82) is 0 Å². The van der Waals surface area contributed by atoms with Crippen LogP contribution in [0.1, 0.15) is 16.8 Å². The minimum absolute atomic E-state index is 0.116. The minimum atomic E-state index is 0.116. The largest absolute Gasteiger partial charge is 0.454 e. The maximum atomic E-state index is 12.7. The Morgan fingerprint density at radius 1 is 1.08 bits per heavy atom. The van der Waals surface area contributed by atoms with Crippen LogP contribution in [0.4, 0.5) is 0 Å². The highest BCUT2D eigenvalue weighted by molar-refractivity contribution is 5.84. The summed E-state index contributed by atoms with van der Waals surface area (Å²) in [6.45, 7) is 1.39. The Bertz CT molecular complexity index is 981. The number of rotatable bonds is 3. The highest BCUT2D eigenvalue weighted by Crippen LogP contribution is 2.37. The van der Waals surface area contributed by atoms with E-state index in [1.807, 2.05) is 53.4 Å². The minimum Gasteiger partial charge on any atom is -0.454 e. The van der Waals surface area contributed by atoms with Crippen LogP contribution in [-0.2, 0) is 24.3 Å². The van der Waals surface area contributed by atoms with Gasteiger partial charge in [-0.25, -0.2) is 0 Å². The number of amides is 1. The third-order valence-electron chi connectivity index (χ3n) is 4.84. The second-order valence-corrected chi connectivity index (χ2v) is 6.51. The summed E-state index contributed by atoms with van der Waals surface area (Å²) in [7, 11) is 0. The number of carbonyl (C=O) groups is 1. The lowest BCUT2D eigenvalue weighted by atomic mass is 9.99. The number of H-pyrrole nitrogens is 1. The van der Waals surface area contributed by atoms with Gasteiger partial charge < -0.3 is 14.4 Å². The van der Waals surface area contributed by atoms with Crippen molar-refractivity contribution in [3.05, 3.63) is 65.4 Å². The number of nitrogens with one attached hydrogen (secondary N) is 1. The molecule has 0 saturated carbocycles. The Hall–Kier alpha value is -3.28. The molecule has 130 valence electrons. The molecule has 1 aromatic heterocycles. The van der Waals surface area contributed by atoms with Gasteiger partial charge in [-0.1, -0.05) is 30.3 Å². The van der Waals surface area contributed by atoms with Crippen molar-refractivity contribution < 1.29 is 14.3 Å². The molecule has 6 nitrogen and oxygen atoms in total. The van der Waals surface area contributed by atoms with E-state index >= 15 is 0 Å². The quantitative estimate of drug-likeness (QED) is 0.791. The third-order valence-corrected chi connectivity index (χ3v) is 4.84. The lowest BCUT2D eigenvalue weighted by molar-refractivity contribution is -0.132. The van der Waals surface area contributed by atoms with Gasteiger partial charge in [-0.2, -0.15) is 5.10 Å². The molecule has 26 heavy (non-hydrogen) atoms. The van der Waals surface area contributed by atoms with E-state index in [4.69, 9.17) is 9.47 Å². The highest BCUT2D eigenvalue weighted by atomic mass is 16.7. The molecule has 1 amide bonds. The van der Waals surface area contributed by atoms with Crippen molar-refractivity contribution in [2.75, 3.05) is 6.79 Å². The lowest BCUT2D eigenvalue weighted by Gasteiger charge is -2.27. The summed E-state index contributed by atoms with van der Waals surface area (Å²) in [6, 6.07) is 15.8. The third kappa shape index (κ3) is 2.50. The summed E-state index contributed by atoms with van der Waals surface area (Å²) in [5.74, 6) is 1.57. The fraction of sp³-hybridized carbons (Fsp3) is 0.200. The summed E-state index contributed by atoms with van der Waals surface area (Å²) in [5, 5.41) is 7.58. The molecular formula is C20H17N3O3. The van der Waals surface area contributed by atoms with Crippen molar-refractivity contribution in [1.82, 2.24) is 15.1 Å². The zero-order valence-corrected chi connectivity index (χ0v) is 14.1. The molecule has 0 saturated heterocycles. The smallest absolute Gasteiger partial charge is 0.231 e. The molecule has 5 rings (SSSR count). The fourth-order valence-electron chi connectivity index (χ4n) is 3.50. The van der Waals surface area contributed by atoms with Crippen molar-refractivity contribution in [2.45, 2.75) is 19.5 Å². The van der Waals surface area contributed by atoms with E-state index in [1.165, 1.54) is 0 Å². The molecule has 6 heteroatoms. The molecule has 0 bridgehead atoms. The number of ether oxygens (including phenoxy) is 2. The van der Waals surface area contributed by atoms with Gasteiger partial charge >= 0.3 is 0 Å². The summed E-state index contributed by atoms with van der Waals surface area (Å²) < 4.78 is 10.8. The topological polar surface area (TPSA) is 67.5 Å². The second-order valence-electron chi connectivity index (χ2n) is 6.51. The predicted octanol–water partition coefficient (Wildman–Crippen LogP) is 2.89. The molecule has 2 aliphatic rings. The number of aromatic nitrogens is 2. The average Bonchev–Trinajstić information content (AvgIpc) is 3.29. The Morgan fingerprint density at radius 2 is 1.92 bits per heavy atom. The van der Waals surface area contributed by atoms with Crippen molar-refractivity contribution in [3.8, 4) is 22.8 Å². The van der Waals surface area contributed by atoms with Crippen LogP contribution in [0.5, 0.6) is 11.5 Å². The van der Waals surface area contributed by atoms with E-state index in [2.05, 4.69) is 10.2 Å². The van der Waals surface area contributed by atoms with E-state index in [0.717, 1.165) is 33.8 Å². The average molecular weight is 347 g/mol. The first-order valence-corrected chi connectivity index (χ1v) is 8.56. The monoisotopic (exact) mass is 347 g/mol.